The van der Waals surface area contributed by atoms with E-state index in [9.17, 15) is 0 Å². The first-order valence-corrected chi connectivity index (χ1v) is 8.00. The number of rotatable bonds is 7. The standard InChI is InChI=1S/C18H30N2/c1-13(2)18(20(5)14(3)15-11-12-15)17(19-4)16-9-7-6-8-10-16/h6-10,13-15,17-19H,11-12H2,1-5H3. The summed E-state index contributed by atoms with van der Waals surface area (Å²) in [6, 6.07) is 12.5. The van der Waals surface area contributed by atoms with Gasteiger partial charge in [-0.05, 0) is 51.3 Å². The van der Waals surface area contributed by atoms with E-state index < -0.39 is 0 Å². The maximum Gasteiger partial charge on any atom is 0.0478 e. The monoisotopic (exact) mass is 274 g/mol. The average molecular weight is 274 g/mol. The highest BCUT2D eigenvalue weighted by molar-refractivity contribution is 5.21. The molecular formula is C18H30N2. The Bertz CT molecular complexity index is 397. The molecule has 0 aromatic heterocycles. The van der Waals surface area contributed by atoms with Crippen LogP contribution in [0.15, 0.2) is 30.3 Å². The summed E-state index contributed by atoms with van der Waals surface area (Å²) in [6.07, 6.45) is 2.82. The van der Waals surface area contributed by atoms with Gasteiger partial charge in [0.05, 0.1) is 0 Å². The predicted octanol–water partition coefficient (Wildman–Crippen LogP) is 3.70. The molecule has 1 aliphatic carbocycles. The van der Waals surface area contributed by atoms with E-state index in [4.69, 9.17) is 0 Å². The highest BCUT2D eigenvalue weighted by atomic mass is 15.2. The third kappa shape index (κ3) is 3.42. The molecule has 2 heteroatoms. The van der Waals surface area contributed by atoms with Crippen molar-refractivity contribution >= 4 is 0 Å². The van der Waals surface area contributed by atoms with Crippen molar-refractivity contribution in [1.29, 1.82) is 0 Å². The van der Waals surface area contributed by atoms with Crippen molar-refractivity contribution in [2.24, 2.45) is 11.8 Å². The van der Waals surface area contributed by atoms with Gasteiger partial charge in [0.2, 0.25) is 0 Å². The van der Waals surface area contributed by atoms with Crippen LogP contribution in [0.4, 0.5) is 0 Å². The average Bonchev–Trinajstić information content (AvgIpc) is 3.28. The summed E-state index contributed by atoms with van der Waals surface area (Å²) in [7, 11) is 4.39. The number of nitrogens with zero attached hydrogens (tertiary/aromatic N) is 1. The Hall–Kier alpha value is -0.860. The highest BCUT2D eigenvalue weighted by Gasteiger charge is 2.37. The summed E-state index contributed by atoms with van der Waals surface area (Å²) in [5.74, 6) is 1.54. The van der Waals surface area contributed by atoms with Gasteiger partial charge >= 0.3 is 0 Å². The van der Waals surface area contributed by atoms with Gasteiger partial charge in [0.25, 0.3) is 0 Å². The van der Waals surface area contributed by atoms with Crippen LogP contribution >= 0.6 is 0 Å². The molecule has 0 aliphatic heterocycles. The minimum Gasteiger partial charge on any atom is -0.312 e. The number of nitrogens with one attached hydrogen (secondary N) is 1. The molecule has 1 aliphatic rings. The molecule has 1 saturated carbocycles. The van der Waals surface area contributed by atoms with E-state index in [-0.39, 0.29) is 0 Å². The van der Waals surface area contributed by atoms with Gasteiger partial charge in [0.15, 0.2) is 0 Å². The molecule has 0 heterocycles. The molecule has 112 valence electrons. The van der Waals surface area contributed by atoms with E-state index in [2.05, 4.69) is 75.4 Å². The predicted molar refractivity (Wildman–Crippen MR) is 86.8 cm³/mol. The second-order valence-corrected chi connectivity index (χ2v) is 6.66. The third-order valence-corrected chi connectivity index (χ3v) is 4.91. The molecule has 0 radical (unpaired) electrons. The van der Waals surface area contributed by atoms with Crippen LogP contribution in [0.1, 0.15) is 45.2 Å². The second-order valence-electron chi connectivity index (χ2n) is 6.66. The molecule has 2 nitrogen and oxygen atoms in total. The highest BCUT2D eigenvalue weighted by Crippen LogP contribution is 2.37. The fraction of sp³-hybridized carbons (Fsp3) is 0.667. The first-order valence-electron chi connectivity index (χ1n) is 8.00. The van der Waals surface area contributed by atoms with Crippen LogP contribution in [0.5, 0.6) is 0 Å². The van der Waals surface area contributed by atoms with Crippen molar-refractivity contribution in [3.8, 4) is 0 Å². The molecule has 2 rings (SSSR count). The van der Waals surface area contributed by atoms with Crippen molar-refractivity contribution < 1.29 is 0 Å². The molecule has 0 saturated heterocycles. The van der Waals surface area contributed by atoms with Gasteiger partial charge in [-0.2, -0.15) is 0 Å². The fourth-order valence-electron chi connectivity index (χ4n) is 3.47. The van der Waals surface area contributed by atoms with Crippen LogP contribution in [0, 0.1) is 11.8 Å². The molecule has 1 aromatic rings. The molecule has 3 unspecified atom stereocenters. The Morgan fingerprint density at radius 2 is 1.70 bits per heavy atom. The second kappa shape index (κ2) is 6.73. The summed E-state index contributed by atoms with van der Waals surface area (Å²) in [4.78, 5) is 2.61. The largest absolute Gasteiger partial charge is 0.312 e. The number of likely N-dealkylation sites (N-methyl/N-ethyl adjacent to an activating group) is 2. The van der Waals surface area contributed by atoms with E-state index in [1.807, 2.05) is 0 Å². The van der Waals surface area contributed by atoms with Crippen LogP contribution in [-0.2, 0) is 0 Å². The van der Waals surface area contributed by atoms with Crippen molar-refractivity contribution in [3.63, 3.8) is 0 Å². The Kier molecular flexibility index (Phi) is 5.22. The van der Waals surface area contributed by atoms with Crippen LogP contribution in [-0.4, -0.2) is 31.1 Å². The van der Waals surface area contributed by atoms with Crippen LogP contribution < -0.4 is 5.32 Å². The van der Waals surface area contributed by atoms with E-state index in [0.717, 1.165) is 5.92 Å². The van der Waals surface area contributed by atoms with E-state index >= 15 is 0 Å². The van der Waals surface area contributed by atoms with E-state index in [1.54, 1.807) is 0 Å². The van der Waals surface area contributed by atoms with E-state index in [1.165, 1.54) is 18.4 Å². The van der Waals surface area contributed by atoms with Gasteiger partial charge in [-0.25, -0.2) is 0 Å². The topological polar surface area (TPSA) is 15.3 Å². The van der Waals surface area contributed by atoms with Crippen molar-refractivity contribution in [2.45, 2.75) is 51.7 Å². The Labute approximate surface area is 124 Å². The van der Waals surface area contributed by atoms with Crippen LogP contribution in [0.25, 0.3) is 0 Å². The lowest BCUT2D eigenvalue weighted by molar-refractivity contribution is 0.100. The molecule has 3 atom stereocenters. The first kappa shape index (κ1) is 15.5. The van der Waals surface area contributed by atoms with Crippen molar-refractivity contribution in [3.05, 3.63) is 35.9 Å². The van der Waals surface area contributed by atoms with Crippen molar-refractivity contribution in [1.82, 2.24) is 10.2 Å². The van der Waals surface area contributed by atoms with Gasteiger partial charge in [0, 0.05) is 18.1 Å². The lowest BCUT2D eigenvalue weighted by atomic mass is 9.89. The minimum atomic E-state index is 0.391. The van der Waals surface area contributed by atoms with Gasteiger partial charge in [-0.1, -0.05) is 44.2 Å². The maximum absolute atomic E-state index is 3.55. The Morgan fingerprint density at radius 3 is 2.15 bits per heavy atom. The minimum absolute atomic E-state index is 0.391. The zero-order chi connectivity index (χ0) is 14.7. The molecule has 20 heavy (non-hydrogen) atoms. The first-order chi connectivity index (χ1) is 9.56. The Morgan fingerprint density at radius 1 is 1.10 bits per heavy atom. The smallest absolute Gasteiger partial charge is 0.0478 e. The van der Waals surface area contributed by atoms with Crippen LogP contribution in [0.3, 0.4) is 0 Å². The molecule has 0 spiro atoms. The number of benzene rings is 1. The fourth-order valence-corrected chi connectivity index (χ4v) is 3.47. The van der Waals surface area contributed by atoms with Crippen LogP contribution in [0.2, 0.25) is 0 Å². The molecule has 1 aromatic carbocycles. The summed E-state index contributed by atoms with van der Waals surface area (Å²) < 4.78 is 0. The summed E-state index contributed by atoms with van der Waals surface area (Å²) in [5.41, 5.74) is 1.39. The molecule has 1 fully saturated rings. The zero-order valence-corrected chi connectivity index (χ0v) is 13.6. The molecule has 1 N–H and O–H groups in total. The number of hydrogen-bond acceptors (Lipinski definition) is 2. The summed E-state index contributed by atoms with van der Waals surface area (Å²) >= 11 is 0. The maximum atomic E-state index is 3.55. The van der Waals surface area contributed by atoms with Gasteiger partial charge in [-0.15, -0.1) is 0 Å². The lowest BCUT2D eigenvalue weighted by Gasteiger charge is -2.41. The van der Waals surface area contributed by atoms with Crippen molar-refractivity contribution in [2.75, 3.05) is 14.1 Å². The quantitative estimate of drug-likeness (QED) is 0.815. The van der Waals surface area contributed by atoms with Gasteiger partial charge in [-0.3, -0.25) is 4.90 Å². The van der Waals surface area contributed by atoms with Gasteiger partial charge in [0.1, 0.15) is 0 Å². The number of hydrogen-bond donors (Lipinski definition) is 1. The summed E-state index contributed by atoms with van der Waals surface area (Å²) in [5, 5.41) is 3.55. The zero-order valence-electron chi connectivity index (χ0n) is 13.6. The molecule has 0 amide bonds. The third-order valence-electron chi connectivity index (χ3n) is 4.91. The Balaban J connectivity index is 2.21. The normalized spacial score (nSPS) is 20.1. The SMILES string of the molecule is CNC(c1ccccc1)C(C(C)C)N(C)C(C)C1CC1. The van der Waals surface area contributed by atoms with Gasteiger partial charge < -0.3 is 5.32 Å². The lowest BCUT2D eigenvalue weighted by Crippen LogP contribution is -2.49. The molecule has 0 bridgehead atoms. The van der Waals surface area contributed by atoms with E-state index in [0.29, 0.717) is 24.0 Å². The summed E-state index contributed by atoms with van der Waals surface area (Å²) in [6.45, 7) is 7.08. The molecular weight excluding hydrogens is 244 g/mol.